The lowest BCUT2D eigenvalue weighted by Crippen LogP contribution is -2.37. The van der Waals surface area contributed by atoms with Crippen molar-refractivity contribution in [2.24, 2.45) is 0 Å². The van der Waals surface area contributed by atoms with Crippen molar-refractivity contribution in [1.29, 1.82) is 0 Å². The molecule has 1 aliphatic rings. The number of carbonyl (C=O) groups excluding carboxylic acids is 1. The summed E-state index contributed by atoms with van der Waals surface area (Å²) in [6.07, 6.45) is 2.95. The van der Waals surface area contributed by atoms with Crippen LogP contribution in [0.25, 0.3) is 16.6 Å². The molecule has 0 aliphatic heterocycles. The van der Waals surface area contributed by atoms with Crippen LogP contribution in [-0.2, 0) is 17.8 Å². The van der Waals surface area contributed by atoms with Crippen molar-refractivity contribution in [3.8, 4) is 5.69 Å². The van der Waals surface area contributed by atoms with Gasteiger partial charge in [-0.05, 0) is 63.3 Å². The van der Waals surface area contributed by atoms with Crippen LogP contribution in [-0.4, -0.2) is 25.5 Å². The third-order valence-electron chi connectivity index (χ3n) is 6.46. The van der Waals surface area contributed by atoms with E-state index in [1.807, 2.05) is 57.2 Å². The number of aromatic nitrogens is 4. The lowest BCUT2D eigenvalue weighted by molar-refractivity contribution is -0.122. The van der Waals surface area contributed by atoms with Gasteiger partial charge >= 0.3 is 0 Å². The first kappa shape index (κ1) is 21.1. The second-order valence-corrected chi connectivity index (χ2v) is 8.82. The zero-order chi connectivity index (χ0) is 23.1. The van der Waals surface area contributed by atoms with E-state index in [0.29, 0.717) is 11.2 Å². The molecule has 2 aromatic carbocycles. The van der Waals surface area contributed by atoms with Crippen LogP contribution in [0.15, 0.2) is 53.3 Å². The number of carbonyl (C=O) groups is 1. The maximum Gasteiger partial charge on any atom is 0.295 e. The fraction of sp³-hybridized carbons (Fsp3) is 0.308. The van der Waals surface area contributed by atoms with Gasteiger partial charge in [-0.1, -0.05) is 42.0 Å². The number of hydrogen-bond acceptors (Lipinski definition) is 4. The molecule has 0 unspecified atom stereocenters. The topological polar surface area (TPSA) is 81.8 Å². The Labute approximate surface area is 192 Å². The zero-order valence-electron chi connectivity index (χ0n) is 19.1. The van der Waals surface area contributed by atoms with Gasteiger partial charge in [0.1, 0.15) is 6.54 Å². The minimum Gasteiger partial charge on any atom is -0.348 e. The summed E-state index contributed by atoms with van der Waals surface area (Å²) in [5.74, 6) is -0.222. The highest BCUT2D eigenvalue weighted by Crippen LogP contribution is 2.29. The molecule has 0 spiro atoms. The summed E-state index contributed by atoms with van der Waals surface area (Å²) >= 11 is 0. The maximum atomic E-state index is 13.2. The molecule has 1 amide bonds. The molecule has 2 heterocycles. The Morgan fingerprint density at radius 2 is 1.82 bits per heavy atom. The van der Waals surface area contributed by atoms with Gasteiger partial charge in [0.2, 0.25) is 5.91 Å². The van der Waals surface area contributed by atoms with Crippen LogP contribution in [0, 0.1) is 20.8 Å². The number of hydrogen-bond donors (Lipinski definition) is 1. The van der Waals surface area contributed by atoms with Crippen LogP contribution in [0.1, 0.15) is 47.0 Å². The number of nitrogens with zero attached hydrogens (tertiary/aromatic N) is 4. The summed E-state index contributed by atoms with van der Waals surface area (Å²) in [5.41, 5.74) is 5.98. The van der Waals surface area contributed by atoms with Gasteiger partial charge in [-0.2, -0.15) is 10.2 Å². The summed E-state index contributed by atoms with van der Waals surface area (Å²) in [6, 6.07) is 16.2. The second kappa shape index (κ2) is 8.31. The highest BCUT2D eigenvalue weighted by molar-refractivity contribution is 5.84. The number of amides is 1. The quantitative estimate of drug-likeness (QED) is 0.524. The Bertz CT molecular complexity index is 1420. The van der Waals surface area contributed by atoms with Gasteiger partial charge in [-0.3, -0.25) is 9.59 Å². The first-order chi connectivity index (χ1) is 15.9. The van der Waals surface area contributed by atoms with Crippen molar-refractivity contribution < 1.29 is 4.79 Å². The second-order valence-electron chi connectivity index (χ2n) is 8.82. The number of benzene rings is 2. The van der Waals surface area contributed by atoms with Crippen LogP contribution in [0.2, 0.25) is 0 Å². The minimum atomic E-state index is -0.358. The molecular formula is C26H27N5O2. The van der Waals surface area contributed by atoms with E-state index in [4.69, 9.17) is 0 Å². The Kier molecular flexibility index (Phi) is 5.32. The van der Waals surface area contributed by atoms with E-state index in [1.54, 1.807) is 4.68 Å². The van der Waals surface area contributed by atoms with Crippen molar-refractivity contribution in [1.82, 2.24) is 24.9 Å². The van der Waals surface area contributed by atoms with E-state index in [2.05, 4.69) is 27.6 Å². The van der Waals surface area contributed by atoms with E-state index < -0.39 is 0 Å². The van der Waals surface area contributed by atoms with E-state index in [-0.39, 0.29) is 24.1 Å². The van der Waals surface area contributed by atoms with E-state index in [9.17, 15) is 9.59 Å². The predicted octanol–water partition coefficient (Wildman–Crippen LogP) is 3.70. The highest BCUT2D eigenvalue weighted by Gasteiger charge is 2.23. The third-order valence-corrected chi connectivity index (χ3v) is 6.46. The number of rotatable bonds is 4. The molecule has 0 saturated heterocycles. The van der Waals surface area contributed by atoms with Crippen molar-refractivity contribution in [3.05, 3.63) is 87.0 Å². The molecule has 0 bridgehead atoms. The standard InChI is InChI=1S/C26H27N5O2/c1-16-11-13-20(14-12-16)31-18(3)24-17(2)28-30(26(33)25(24)29-31)15-23(32)27-22-10-6-8-19-7-4-5-9-21(19)22/h4-5,7,9,11-14,22H,6,8,10,15H2,1-3H3,(H,27,32)/t22-/m1/s1. The van der Waals surface area contributed by atoms with E-state index in [0.717, 1.165) is 47.2 Å². The molecule has 7 heteroatoms. The number of fused-ring (bicyclic) bond motifs is 2. The first-order valence-corrected chi connectivity index (χ1v) is 11.3. The molecule has 4 aromatic rings. The van der Waals surface area contributed by atoms with Crippen molar-refractivity contribution in [2.75, 3.05) is 0 Å². The van der Waals surface area contributed by atoms with Crippen LogP contribution >= 0.6 is 0 Å². The maximum absolute atomic E-state index is 13.2. The van der Waals surface area contributed by atoms with Crippen molar-refractivity contribution >= 4 is 16.8 Å². The number of aryl methyl sites for hydroxylation is 4. The van der Waals surface area contributed by atoms with Crippen molar-refractivity contribution in [3.63, 3.8) is 0 Å². The smallest absolute Gasteiger partial charge is 0.295 e. The lowest BCUT2D eigenvalue weighted by atomic mass is 9.88. The third kappa shape index (κ3) is 3.84. The van der Waals surface area contributed by atoms with Gasteiger partial charge in [-0.15, -0.1) is 0 Å². The summed E-state index contributed by atoms with van der Waals surface area (Å²) in [6.45, 7) is 5.67. The van der Waals surface area contributed by atoms with E-state index >= 15 is 0 Å². The molecule has 0 saturated carbocycles. The molecule has 1 aliphatic carbocycles. The molecule has 5 rings (SSSR count). The average Bonchev–Trinajstić information content (AvgIpc) is 3.16. The number of nitrogens with one attached hydrogen (secondary N) is 1. The monoisotopic (exact) mass is 441 g/mol. The van der Waals surface area contributed by atoms with Crippen LogP contribution in [0.4, 0.5) is 0 Å². The van der Waals surface area contributed by atoms with Gasteiger partial charge in [0.05, 0.1) is 28.5 Å². The molecule has 7 nitrogen and oxygen atoms in total. The molecule has 0 fully saturated rings. The van der Waals surface area contributed by atoms with Gasteiger partial charge in [0, 0.05) is 0 Å². The Morgan fingerprint density at radius 1 is 1.06 bits per heavy atom. The van der Waals surface area contributed by atoms with Crippen LogP contribution in [0.3, 0.4) is 0 Å². The highest BCUT2D eigenvalue weighted by atomic mass is 16.2. The summed E-state index contributed by atoms with van der Waals surface area (Å²) in [4.78, 5) is 26.1. The minimum absolute atomic E-state index is 0.0361. The first-order valence-electron chi connectivity index (χ1n) is 11.3. The molecule has 168 valence electrons. The molecule has 0 radical (unpaired) electrons. The van der Waals surface area contributed by atoms with Gasteiger partial charge in [0.15, 0.2) is 5.52 Å². The summed E-state index contributed by atoms with van der Waals surface area (Å²) in [7, 11) is 0. The fourth-order valence-corrected chi connectivity index (χ4v) is 4.81. The van der Waals surface area contributed by atoms with Gasteiger partial charge in [-0.25, -0.2) is 9.36 Å². The van der Waals surface area contributed by atoms with Crippen molar-refractivity contribution in [2.45, 2.75) is 52.6 Å². The molecule has 2 aromatic heterocycles. The Morgan fingerprint density at radius 3 is 2.61 bits per heavy atom. The normalized spacial score (nSPS) is 15.4. The summed E-state index contributed by atoms with van der Waals surface area (Å²) < 4.78 is 3.00. The Hall–Kier alpha value is -3.74. The molecular weight excluding hydrogens is 414 g/mol. The van der Waals surface area contributed by atoms with Gasteiger partial charge in [0.25, 0.3) is 5.56 Å². The predicted molar refractivity (Wildman–Crippen MR) is 128 cm³/mol. The largest absolute Gasteiger partial charge is 0.348 e. The van der Waals surface area contributed by atoms with Crippen LogP contribution in [0.5, 0.6) is 0 Å². The van der Waals surface area contributed by atoms with E-state index in [1.165, 1.54) is 10.2 Å². The molecule has 1 atom stereocenters. The van der Waals surface area contributed by atoms with Gasteiger partial charge < -0.3 is 5.32 Å². The molecule has 33 heavy (non-hydrogen) atoms. The Balaban J connectivity index is 1.45. The summed E-state index contributed by atoms with van der Waals surface area (Å²) in [5, 5.41) is 12.9. The molecule has 1 N–H and O–H groups in total. The fourth-order valence-electron chi connectivity index (χ4n) is 4.81. The zero-order valence-corrected chi connectivity index (χ0v) is 19.1. The lowest BCUT2D eigenvalue weighted by Gasteiger charge is -2.26. The van der Waals surface area contributed by atoms with Crippen LogP contribution < -0.4 is 10.9 Å². The SMILES string of the molecule is Cc1ccc(-n2nc3c(=O)n(CC(=O)N[C@@H]4CCCc5ccccc54)nc(C)c3c2C)cc1. The average molecular weight is 442 g/mol.